The molecule has 0 bridgehead atoms. The number of benzene rings is 2. The second kappa shape index (κ2) is 8.84. The van der Waals surface area contributed by atoms with Gasteiger partial charge in [-0.15, -0.1) is 0 Å². The maximum Gasteiger partial charge on any atom is 0.251 e. The van der Waals surface area contributed by atoms with Crippen LogP contribution < -0.4 is 21.1 Å². The van der Waals surface area contributed by atoms with E-state index >= 15 is 0 Å². The molecule has 0 heterocycles. The van der Waals surface area contributed by atoms with Gasteiger partial charge < -0.3 is 21.1 Å². The molecule has 2 aromatic carbocycles. The summed E-state index contributed by atoms with van der Waals surface area (Å²) in [5, 5.41) is 5.45. The van der Waals surface area contributed by atoms with E-state index < -0.39 is 6.04 Å². The lowest BCUT2D eigenvalue weighted by molar-refractivity contribution is -0.117. The number of carbonyl (C=O) groups excluding carboxylic acids is 2. The molecule has 0 spiro atoms. The molecule has 0 aliphatic carbocycles. The van der Waals surface area contributed by atoms with Gasteiger partial charge in [-0.3, -0.25) is 9.59 Å². The molecule has 1 atom stereocenters. The lowest BCUT2D eigenvalue weighted by Crippen LogP contribution is -2.41. The number of hydrogen-bond donors (Lipinski definition) is 3. The van der Waals surface area contributed by atoms with E-state index in [2.05, 4.69) is 10.6 Å². The second-order valence-corrected chi connectivity index (χ2v) is 5.72. The molecule has 0 aromatic heterocycles. The van der Waals surface area contributed by atoms with Gasteiger partial charge >= 0.3 is 0 Å². The number of aryl methyl sites for hydroxylation is 1. The Morgan fingerprint density at radius 2 is 1.88 bits per heavy atom. The molecule has 2 amide bonds. The Bertz CT molecular complexity index is 729. The smallest absolute Gasteiger partial charge is 0.251 e. The molecule has 0 saturated heterocycles. The number of nitrogens with one attached hydrogen (secondary N) is 2. The first-order valence-corrected chi connectivity index (χ1v) is 8.11. The van der Waals surface area contributed by atoms with Crippen molar-refractivity contribution >= 4 is 17.5 Å². The summed E-state index contributed by atoms with van der Waals surface area (Å²) in [4.78, 5) is 24.4. The first-order valence-electron chi connectivity index (χ1n) is 8.11. The highest BCUT2D eigenvalue weighted by atomic mass is 16.5. The number of rotatable bonds is 7. The van der Waals surface area contributed by atoms with E-state index in [9.17, 15) is 9.59 Å². The predicted molar refractivity (Wildman–Crippen MR) is 97.7 cm³/mol. The highest BCUT2D eigenvalue weighted by Gasteiger charge is 2.16. The van der Waals surface area contributed by atoms with Gasteiger partial charge in [0.2, 0.25) is 5.91 Å². The Morgan fingerprint density at radius 3 is 2.52 bits per heavy atom. The van der Waals surface area contributed by atoms with E-state index in [0.29, 0.717) is 30.2 Å². The van der Waals surface area contributed by atoms with Gasteiger partial charge in [-0.25, -0.2) is 0 Å². The summed E-state index contributed by atoms with van der Waals surface area (Å²) < 4.78 is 5.38. The molecule has 25 heavy (non-hydrogen) atoms. The highest BCUT2D eigenvalue weighted by molar-refractivity contribution is 6.01. The van der Waals surface area contributed by atoms with Crippen molar-refractivity contribution in [3.05, 3.63) is 59.7 Å². The average Bonchev–Trinajstić information content (AvgIpc) is 2.61. The fourth-order valence-electron chi connectivity index (χ4n) is 2.19. The number of anilines is 1. The summed E-state index contributed by atoms with van der Waals surface area (Å²) in [7, 11) is 0. The van der Waals surface area contributed by atoms with Crippen LogP contribution >= 0.6 is 0 Å². The van der Waals surface area contributed by atoms with Gasteiger partial charge in [0.1, 0.15) is 18.4 Å². The molecule has 1 unspecified atom stereocenters. The van der Waals surface area contributed by atoms with E-state index in [1.807, 2.05) is 19.1 Å². The minimum absolute atomic E-state index is 0.281. The fraction of sp³-hybridized carbons (Fsp3) is 0.263. The zero-order valence-electron chi connectivity index (χ0n) is 14.4. The third-order valence-corrected chi connectivity index (χ3v) is 3.53. The number of amides is 2. The van der Waals surface area contributed by atoms with Crippen LogP contribution in [0.15, 0.2) is 48.5 Å². The monoisotopic (exact) mass is 341 g/mol. The molecule has 0 saturated carbocycles. The maximum absolute atomic E-state index is 12.2. The normalized spacial score (nSPS) is 11.5. The third-order valence-electron chi connectivity index (χ3n) is 3.53. The van der Waals surface area contributed by atoms with Crippen molar-refractivity contribution in [3.63, 3.8) is 0 Å². The summed E-state index contributed by atoms with van der Waals surface area (Å²) in [6.45, 7) is 4.43. The van der Waals surface area contributed by atoms with Crippen molar-refractivity contribution in [2.24, 2.45) is 5.73 Å². The van der Waals surface area contributed by atoms with E-state index in [0.717, 1.165) is 5.56 Å². The zero-order valence-corrected chi connectivity index (χ0v) is 14.4. The largest absolute Gasteiger partial charge is 0.492 e. The number of ether oxygens (including phenoxy) is 1. The molecule has 6 heteroatoms. The fourth-order valence-corrected chi connectivity index (χ4v) is 2.19. The standard InChI is InChI=1S/C19H23N3O3/c1-13-4-3-5-15(12-13)19(24)21-14(2)18(23)22-16-6-8-17(9-7-16)25-11-10-20/h3-9,12,14H,10-11,20H2,1-2H3,(H,21,24)(H,22,23). The van der Waals surface area contributed by atoms with Crippen LogP contribution in [0, 0.1) is 6.92 Å². The zero-order chi connectivity index (χ0) is 18.2. The molecule has 0 aliphatic heterocycles. The quantitative estimate of drug-likeness (QED) is 0.719. The third kappa shape index (κ3) is 5.61. The Balaban J connectivity index is 1.90. The Labute approximate surface area is 147 Å². The minimum atomic E-state index is -0.666. The van der Waals surface area contributed by atoms with E-state index in [1.54, 1.807) is 43.3 Å². The van der Waals surface area contributed by atoms with Crippen LogP contribution in [0.1, 0.15) is 22.8 Å². The van der Waals surface area contributed by atoms with Crippen molar-refractivity contribution in [1.29, 1.82) is 0 Å². The van der Waals surface area contributed by atoms with Crippen LogP contribution in [0.4, 0.5) is 5.69 Å². The molecule has 0 aliphatic rings. The predicted octanol–water partition coefficient (Wildman–Crippen LogP) is 2.09. The molecule has 0 fully saturated rings. The van der Waals surface area contributed by atoms with Crippen LogP contribution in [-0.2, 0) is 4.79 Å². The van der Waals surface area contributed by atoms with E-state index in [4.69, 9.17) is 10.5 Å². The van der Waals surface area contributed by atoms with Gasteiger partial charge in [-0.2, -0.15) is 0 Å². The number of nitrogens with two attached hydrogens (primary N) is 1. The Morgan fingerprint density at radius 1 is 1.16 bits per heavy atom. The Kier molecular flexibility index (Phi) is 6.54. The van der Waals surface area contributed by atoms with Gasteiger partial charge in [0.15, 0.2) is 0 Å². The minimum Gasteiger partial charge on any atom is -0.492 e. The molecule has 2 aromatic rings. The van der Waals surface area contributed by atoms with Crippen molar-refractivity contribution in [2.75, 3.05) is 18.5 Å². The molecule has 4 N–H and O–H groups in total. The second-order valence-electron chi connectivity index (χ2n) is 5.72. The molecular weight excluding hydrogens is 318 g/mol. The van der Waals surface area contributed by atoms with Crippen LogP contribution in [0.25, 0.3) is 0 Å². The average molecular weight is 341 g/mol. The summed E-state index contributed by atoms with van der Waals surface area (Å²) >= 11 is 0. The van der Waals surface area contributed by atoms with Gasteiger partial charge in [0, 0.05) is 17.8 Å². The number of hydrogen-bond acceptors (Lipinski definition) is 4. The van der Waals surface area contributed by atoms with Gasteiger partial charge in [0.05, 0.1) is 0 Å². The van der Waals surface area contributed by atoms with Gasteiger partial charge in [-0.1, -0.05) is 17.7 Å². The topological polar surface area (TPSA) is 93.5 Å². The Hall–Kier alpha value is -2.86. The van der Waals surface area contributed by atoms with Crippen LogP contribution in [0.3, 0.4) is 0 Å². The lowest BCUT2D eigenvalue weighted by atomic mass is 10.1. The van der Waals surface area contributed by atoms with Crippen LogP contribution in [-0.4, -0.2) is 31.0 Å². The number of carbonyl (C=O) groups is 2. The molecule has 6 nitrogen and oxygen atoms in total. The van der Waals surface area contributed by atoms with Gasteiger partial charge in [0.25, 0.3) is 5.91 Å². The first-order chi connectivity index (χ1) is 12.0. The highest BCUT2D eigenvalue weighted by Crippen LogP contribution is 2.15. The van der Waals surface area contributed by atoms with E-state index in [1.165, 1.54) is 0 Å². The first kappa shape index (κ1) is 18.5. The summed E-state index contributed by atoms with van der Waals surface area (Å²) in [6.07, 6.45) is 0. The summed E-state index contributed by atoms with van der Waals surface area (Å²) in [5.41, 5.74) is 7.52. The van der Waals surface area contributed by atoms with E-state index in [-0.39, 0.29) is 11.8 Å². The lowest BCUT2D eigenvalue weighted by Gasteiger charge is -2.15. The van der Waals surface area contributed by atoms with Crippen LogP contribution in [0.2, 0.25) is 0 Å². The van der Waals surface area contributed by atoms with Crippen LogP contribution in [0.5, 0.6) is 5.75 Å². The van der Waals surface area contributed by atoms with Crippen molar-refractivity contribution in [1.82, 2.24) is 5.32 Å². The van der Waals surface area contributed by atoms with Crippen molar-refractivity contribution in [3.8, 4) is 5.75 Å². The molecule has 132 valence electrons. The summed E-state index contributed by atoms with van der Waals surface area (Å²) in [5.74, 6) is 0.109. The molecule has 0 radical (unpaired) electrons. The maximum atomic E-state index is 12.2. The SMILES string of the molecule is Cc1cccc(C(=O)NC(C)C(=O)Nc2ccc(OCCN)cc2)c1. The molecule has 2 rings (SSSR count). The van der Waals surface area contributed by atoms with Gasteiger partial charge in [-0.05, 0) is 50.2 Å². The molecular formula is C19H23N3O3. The summed E-state index contributed by atoms with van der Waals surface area (Å²) in [6, 6.07) is 13.5. The van der Waals surface area contributed by atoms with Crippen molar-refractivity contribution < 1.29 is 14.3 Å². The van der Waals surface area contributed by atoms with Crippen molar-refractivity contribution in [2.45, 2.75) is 19.9 Å².